The topological polar surface area (TPSA) is 52.3 Å². The summed E-state index contributed by atoms with van der Waals surface area (Å²) in [5, 5.41) is 0. The van der Waals surface area contributed by atoms with Crippen molar-refractivity contribution in [3.05, 3.63) is 57.8 Å². The van der Waals surface area contributed by atoms with E-state index < -0.39 is 11.6 Å². The smallest absolute Gasteiger partial charge is 0.198 e. The zero-order valence-corrected chi connectivity index (χ0v) is 11.7. The SMILES string of the molecule is COc1cccc(C(=O)c2cc(Br)ccc2N)c1F. The largest absolute Gasteiger partial charge is 0.494 e. The van der Waals surface area contributed by atoms with E-state index in [9.17, 15) is 9.18 Å². The molecule has 0 saturated carbocycles. The Bertz CT molecular complexity index is 643. The van der Waals surface area contributed by atoms with E-state index in [1.54, 1.807) is 24.3 Å². The molecule has 0 aliphatic carbocycles. The Balaban J connectivity index is 2.53. The summed E-state index contributed by atoms with van der Waals surface area (Å²) in [5.41, 5.74) is 6.24. The van der Waals surface area contributed by atoms with Crippen molar-refractivity contribution in [2.24, 2.45) is 0 Å². The summed E-state index contributed by atoms with van der Waals surface area (Å²) in [5.74, 6) is -1.14. The number of nitrogens with two attached hydrogens (primary N) is 1. The van der Waals surface area contributed by atoms with Crippen molar-refractivity contribution in [3.63, 3.8) is 0 Å². The number of halogens is 2. The van der Waals surface area contributed by atoms with Gasteiger partial charge in [0.15, 0.2) is 17.3 Å². The molecule has 2 aromatic rings. The molecule has 0 spiro atoms. The number of hydrogen-bond acceptors (Lipinski definition) is 3. The van der Waals surface area contributed by atoms with E-state index in [0.717, 1.165) is 0 Å². The Morgan fingerprint density at radius 1 is 1.26 bits per heavy atom. The van der Waals surface area contributed by atoms with Crippen molar-refractivity contribution in [1.29, 1.82) is 0 Å². The van der Waals surface area contributed by atoms with E-state index in [-0.39, 0.29) is 16.9 Å². The summed E-state index contributed by atoms with van der Waals surface area (Å²) in [7, 11) is 1.35. The van der Waals surface area contributed by atoms with Gasteiger partial charge in [-0.05, 0) is 30.3 Å². The van der Waals surface area contributed by atoms with E-state index in [1.165, 1.54) is 19.2 Å². The first-order valence-corrected chi connectivity index (χ1v) is 6.26. The van der Waals surface area contributed by atoms with Gasteiger partial charge in [0.1, 0.15) is 0 Å². The third kappa shape index (κ3) is 2.61. The Kier molecular flexibility index (Phi) is 3.85. The number of ether oxygens (including phenoxy) is 1. The number of carbonyl (C=O) groups excluding carboxylic acids is 1. The molecular weight excluding hydrogens is 313 g/mol. The summed E-state index contributed by atoms with van der Waals surface area (Å²) in [6.07, 6.45) is 0. The van der Waals surface area contributed by atoms with Gasteiger partial charge in [-0.3, -0.25) is 4.79 Å². The molecule has 0 aliphatic heterocycles. The molecule has 5 heteroatoms. The van der Waals surface area contributed by atoms with Crippen LogP contribution in [-0.4, -0.2) is 12.9 Å². The molecule has 2 rings (SSSR count). The van der Waals surface area contributed by atoms with Crippen molar-refractivity contribution < 1.29 is 13.9 Å². The van der Waals surface area contributed by atoms with Crippen molar-refractivity contribution in [1.82, 2.24) is 0 Å². The van der Waals surface area contributed by atoms with Crippen LogP contribution < -0.4 is 10.5 Å². The second kappa shape index (κ2) is 5.40. The number of nitrogen functional groups attached to an aromatic ring is 1. The molecule has 2 N–H and O–H groups in total. The molecule has 0 atom stereocenters. The highest BCUT2D eigenvalue weighted by Crippen LogP contribution is 2.26. The van der Waals surface area contributed by atoms with Crippen LogP contribution in [0.1, 0.15) is 15.9 Å². The summed E-state index contributed by atoms with van der Waals surface area (Å²) in [6, 6.07) is 9.29. The highest BCUT2D eigenvalue weighted by molar-refractivity contribution is 9.10. The highest BCUT2D eigenvalue weighted by Gasteiger charge is 2.19. The van der Waals surface area contributed by atoms with Gasteiger partial charge in [0.25, 0.3) is 0 Å². The molecular formula is C14H11BrFNO2. The van der Waals surface area contributed by atoms with Gasteiger partial charge in [0.05, 0.1) is 12.7 Å². The number of anilines is 1. The molecule has 0 unspecified atom stereocenters. The lowest BCUT2D eigenvalue weighted by Crippen LogP contribution is -2.08. The van der Waals surface area contributed by atoms with Crippen LogP contribution in [0, 0.1) is 5.82 Å². The van der Waals surface area contributed by atoms with Crippen LogP contribution in [0.3, 0.4) is 0 Å². The summed E-state index contributed by atoms with van der Waals surface area (Å²) in [6.45, 7) is 0. The van der Waals surface area contributed by atoms with Crippen LogP contribution in [0.2, 0.25) is 0 Å². The third-order valence-corrected chi connectivity index (χ3v) is 3.18. The molecule has 0 aliphatic rings. The van der Waals surface area contributed by atoms with Gasteiger partial charge in [-0.2, -0.15) is 0 Å². The first-order valence-electron chi connectivity index (χ1n) is 5.47. The molecule has 3 nitrogen and oxygen atoms in total. The molecule has 2 aromatic carbocycles. The fourth-order valence-electron chi connectivity index (χ4n) is 1.71. The van der Waals surface area contributed by atoms with Gasteiger partial charge < -0.3 is 10.5 Å². The van der Waals surface area contributed by atoms with Gasteiger partial charge >= 0.3 is 0 Å². The average molecular weight is 324 g/mol. The maximum absolute atomic E-state index is 14.0. The minimum absolute atomic E-state index is 0.0272. The van der Waals surface area contributed by atoms with Gasteiger partial charge in [0, 0.05) is 15.7 Å². The fraction of sp³-hybridized carbons (Fsp3) is 0.0714. The van der Waals surface area contributed by atoms with E-state index in [2.05, 4.69) is 15.9 Å². The van der Waals surface area contributed by atoms with E-state index in [1.807, 2.05) is 0 Å². The lowest BCUT2D eigenvalue weighted by atomic mass is 10.0. The number of carbonyl (C=O) groups is 1. The zero-order valence-electron chi connectivity index (χ0n) is 10.1. The third-order valence-electron chi connectivity index (χ3n) is 2.69. The molecule has 0 aromatic heterocycles. The molecule has 98 valence electrons. The van der Waals surface area contributed by atoms with E-state index in [0.29, 0.717) is 10.2 Å². The van der Waals surface area contributed by atoms with Gasteiger partial charge in [-0.1, -0.05) is 22.0 Å². The molecule has 0 saturated heterocycles. The number of benzene rings is 2. The van der Waals surface area contributed by atoms with Crippen LogP contribution in [0.15, 0.2) is 40.9 Å². The summed E-state index contributed by atoms with van der Waals surface area (Å²) in [4.78, 5) is 12.3. The molecule has 19 heavy (non-hydrogen) atoms. The molecule has 0 fully saturated rings. The number of hydrogen-bond donors (Lipinski definition) is 1. The minimum Gasteiger partial charge on any atom is -0.494 e. The average Bonchev–Trinajstić information content (AvgIpc) is 2.41. The summed E-state index contributed by atoms with van der Waals surface area (Å²) >= 11 is 3.26. The quantitative estimate of drug-likeness (QED) is 0.695. The van der Waals surface area contributed by atoms with Crippen LogP contribution in [0.5, 0.6) is 5.75 Å². The maximum Gasteiger partial charge on any atom is 0.198 e. The molecule has 0 bridgehead atoms. The molecule has 0 amide bonds. The molecule has 0 radical (unpaired) electrons. The van der Waals surface area contributed by atoms with Crippen LogP contribution >= 0.6 is 15.9 Å². The minimum atomic E-state index is -0.686. The lowest BCUT2D eigenvalue weighted by Gasteiger charge is -2.08. The monoisotopic (exact) mass is 323 g/mol. The Morgan fingerprint density at radius 3 is 2.68 bits per heavy atom. The second-order valence-corrected chi connectivity index (χ2v) is 4.80. The Morgan fingerprint density at radius 2 is 2.00 bits per heavy atom. The van der Waals surface area contributed by atoms with E-state index >= 15 is 0 Å². The van der Waals surface area contributed by atoms with Crippen molar-refractivity contribution >= 4 is 27.4 Å². The number of ketones is 1. The molecule has 0 heterocycles. The van der Waals surface area contributed by atoms with Crippen molar-refractivity contribution in [3.8, 4) is 5.75 Å². The predicted molar refractivity (Wildman–Crippen MR) is 74.9 cm³/mol. The summed E-state index contributed by atoms with van der Waals surface area (Å²) < 4.78 is 19.6. The normalized spacial score (nSPS) is 10.3. The first-order chi connectivity index (χ1) is 9.04. The van der Waals surface area contributed by atoms with Crippen LogP contribution in [-0.2, 0) is 0 Å². The Labute approximate surface area is 118 Å². The van der Waals surface area contributed by atoms with Gasteiger partial charge in [-0.15, -0.1) is 0 Å². The highest BCUT2D eigenvalue weighted by atomic mass is 79.9. The van der Waals surface area contributed by atoms with Crippen LogP contribution in [0.4, 0.5) is 10.1 Å². The first kappa shape index (κ1) is 13.5. The second-order valence-electron chi connectivity index (χ2n) is 3.88. The lowest BCUT2D eigenvalue weighted by molar-refractivity contribution is 0.103. The maximum atomic E-state index is 14.0. The zero-order chi connectivity index (χ0) is 14.0. The van der Waals surface area contributed by atoms with Crippen LogP contribution in [0.25, 0.3) is 0 Å². The van der Waals surface area contributed by atoms with E-state index in [4.69, 9.17) is 10.5 Å². The van der Waals surface area contributed by atoms with Crippen molar-refractivity contribution in [2.75, 3.05) is 12.8 Å². The predicted octanol–water partition coefficient (Wildman–Crippen LogP) is 3.41. The van der Waals surface area contributed by atoms with Crippen molar-refractivity contribution in [2.45, 2.75) is 0 Å². The van der Waals surface area contributed by atoms with Gasteiger partial charge in [-0.25, -0.2) is 4.39 Å². The van der Waals surface area contributed by atoms with Gasteiger partial charge in [0.2, 0.25) is 0 Å². The Hall–Kier alpha value is -1.88. The number of methoxy groups -OCH3 is 1. The number of rotatable bonds is 3. The fourth-order valence-corrected chi connectivity index (χ4v) is 2.08. The standard InChI is InChI=1S/C14H11BrFNO2/c1-19-12-4-2-3-9(13(12)16)14(18)10-7-8(15)5-6-11(10)17/h2-7H,17H2,1H3.